The van der Waals surface area contributed by atoms with E-state index in [-0.39, 0.29) is 0 Å². The van der Waals surface area contributed by atoms with Gasteiger partial charge in [0.05, 0.1) is 11.1 Å². The Balaban J connectivity index is 1.55. The zero-order chi connectivity index (χ0) is 22.9. The summed E-state index contributed by atoms with van der Waals surface area (Å²) >= 11 is 6.21. The highest BCUT2D eigenvalue weighted by molar-refractivity contribution is 6.30. The molecule has 4 rings (SSSR count). The summed E-state index contributed by atoms with van der Waals surface area (Å²) in [5.74, 6) is 0.382. The van der Waals surface area contributed by atoms with Crippen LogP contribution in [-0.4, -0.2) is 57.9 Å². The van der Waals surface area contributed by atoms with Gasteiger partial charge in [0.2, 0.25) is 0 Å². The lowest BCUT2D eigenvalue weighted by Crippen LogP contribution is -2.47. The van der Waals surface area contributed by atoms with Crippen LogP contribution in [0.5, 0.6) is 0 Å². The summed E-state index contributed by atoms with van der Waals surface area (Å²) < 4.78 is 5.35. The molecule has 0 radical (unpaired) electrons. The lowest BCUT2D eigenvalue weighted by Gasteiger charge is -2.37. The van der Waals surface area contributed by atoms with Gasteiger partial charge in [0.15, 0.2) is 5.65 Å². The number of fused-ring (bicyclic) bond motifs is 1. The van der Waals surface area contributed by atoms with E-state index in [1.54, 1.807) is 6.08 Å². The predicted octanol–water partition coefficient (Wildman–Crippen LogP) is 4.00. The molecule has 0 aliphatic carbocycles. The highest BCUT2D eigenvalue weighted by Crippen LogP contribution is 2.29. The van der Waals surface area contributed by atoms with E-state index >= 15 is 0 Å². The fraction of sp³-hybridized carbons (Fsp3) is 0.391. The van der Waals surface area contributed by atoms with Gasteiger partial charge in [-0.25, -0.2) is 14.8 Å². The number of aromatic nitrogens is 4. The van der Waals surface area contributed by atoms with Gasteiger partial charge in [-0.15, -0.1) is 0 Å². The molecular weight excluding hydrogens is 428 g/mol. The molecule has 9 heteroatoms. The Morgan fingerprint density at radius 3 is 2.59 bits per heavy atom. The van der Waals surface area contributed by atoms with Crippen molar-refractivity contribution in [2.45, 2.75) is 33.3 Å². The van der Waals surface area contributed by atoms with Crippen LogP contribution in [0.25, 0.3) is 17.1 Å². The number of rotatable bonds is 4. The van der Waals surface area contributed by atoms with Crippen LogP contribution >= 0.6 is 11.6 Å². The van der Waals surface area contributed by atoms with Crippen LogP contribution in [0.1, 0.15) is 32.0 Å². The number of esters is 1. The molecule has 168 valence electrons. The van der Waals surface area contributed by atoms with Crippen molar-refractivity contribution in [1.29, 1.82) is 0 Å². The smallest absolute Gasteiger partial charge is 0.331 e. The molecule has 1 aliphatic rings. The molecule has 3 heterocycles. The van der Waals surface area contributed by atoms with Crippen molar-refractivity contribution < 1.29 is 9.53 Å². The largest absolute Gasteiger partial charge is 0.457 e. The fourth-order valence-corrected chi connectivity index (χ4v) is 3.96. The summed E-state index contributed by atoms with van der Waals surface area (Å²) in [5.41, 5.74) is 3.05. The zero-order valence-corrected chi connectivity index (χ0v) is 19.5. The minimum absolute atomic E-state index is 0.419. The van der Waals surface area contributed by atoms with Crippen LogP contribution in [0.2, 0.25) is 5.02 Å². The van der Waals surface area contributed by atoms with Gasteiger partial charge in [0.1, 0.15) is 17.7 Å². The van der Waals surface area contributed by atoms with Crippen LogP contribution in [0.3, 0.4) is 0 Å². The van der Waals surface area contributed by atoms with Crippen LogP contribution in [0, 0.1) is 6.92 Å². The average Bonchev–Trinajstić information content (AvgIpc) is 3.16. The van der Waals surface area contributed by atoms with Crippen molar-refractivity contribution in [2.24, 2.45) is 0 Å². The lowest BCUT2D eigenvalue weighted by atomic mass is 10.1. The van der Waals surface area contributed by atoms with E-state index in [9.17, 15) is 4.79 Å². The number of hydrogen-bond donors (Lipinski definition) is 1. The van der Waals surface area contributed by atoms with Crippen LogP contribution < -0.4 is 9.80 Å². The fourth-order valence-electron chi connectivity index (χ4n) is 3.79. The molecule has 1 aliphatic heterocycles. The minimum Gasteiger partial charge on any atom is -0.457 e. The number of benzene rings is 1. The van der Waals surface area contributed by atoms with E-state index in [1.807, 2.05) is 39.0 Å². The Bertz CT molecular complexity index is 1160. The number of aryl methyl sites for hydroxylation is 1. The van der Waals surface area contributed by atoms with Crippen molar-refractivity contribution in [2.75, 3.05) is 36.0 Å². The van der Waals surface area contributed by atoms with Crippen molar-refractivity contribution in [3.8, 4) is 0 Å². The van der Waals surface area contributed by atoms with Gasteiger partial charge in [-0.3, -0.25) is 5.10 Å². The number of nitrogens with zero attached hydrogens (tertiary/aromatic N) is 5. The first kappa shape index (κ1) is 22.1. The van der Waals surface area contributed by atoms with Crippen molar-refractivity contribution in [3.05, 3.63) is 46.9 Å². The number of hydrogen-bond acceptors (Lipinski definition) is 7. The Morgan fingerprint density at radius 2 is 1.88 bits per heavy atom. The molecule has 0 bridgehead atoms. The van der Waals surface area contributed by atoms with Crippen LogP contribution in [0.15, 0.2) is 30.6 Å². The van der Waals surface area contributed by atoms with Gasteiger partial charge in [0, 0.05) is 43.0 Å². The molecule has 32 heavy (non-hydrogen) atoms. The van der Waals surface area contributed by atoms with E-state index in [0.29, 0.717) is 11.3 Å². The molecule has 1 fully saturated rings. The van der Waals surface area contributed by atoms with Gasteiger partial charge in [0.25, 0.3) is 0 Å². The summed E-state index contributed by atoms with van der Waals surface area (Å²) in [7, 11) is 0. The second-order valence-electron chi connectivity index (χ2n) is 8.80. The number of aromatic amines is 1. The second-order valence-corrected chi connectivity index (χ2v) is 9.24. The van der Waals surface area contributed by atoms with Gasteiger partial charge < -0.3 is 14.5 Å². The average molecular weight is 455 g/mol. The number of piperazine rings is 1. The Labute approximate surface area is 192 Å². The maximum absolute atomic E-state index is 12.1. The molecule has 0 spiro atoms. The molecule has 0 unspecified atom stereocenters. The van der Waals surface area contributed by atoms with Gasteiger partial charge in [-0.2, -0.15) is 5.10 Å². The van der Waals surface area contributed by atoms with Crippen molar-refractivity contribution in [1.82, 2.24) is 20.2 Å². The normalized spacial score (nSPS) is 15.0. The maximum Gasteiger partial charge on any atom is 0.331 e. The summed E-state index contributed by atoms with van der Waals surface area (Å²) in [5, 5.41) is 8.79. The van der Waals surface area contributed by atoms with Gasteiger partial charge in [-0.1, -0.05) is 17.7 Å². The molecule has 3 aromatic rings. The zero-order valence-electron chi connectivity index (χ0n) is 18.7. The number of carbonyl (C=O) groups is 1. The third-order valence-corrected chi connectivity index (χ3v) is 5.48. The topological polar surface area (TPSA) is 87.2 Å². The molecule has 1 aromatic carbocycles. The maximum atomic E-state index is 12.1. The first-order valence-corrected chi connectivity index (χ1v) is 11.0. The summed E-state index contributed by atoms with van der Waals surface area (Å²) in [6, 6.07) is 5.98. The Hall–Kier alpha value is -3.13. The van der Waals surface area contributed by atoms with Crippen molar-refractivity contribution >= 4 is 46.2 Å². The molecule has 0 amide bonds. The molecular formula is C23H27ClN6O2. The third-order valence-electron chi connectivity index (χ3n) is 5.24. The highest BCUT2D eigenvalue weighted by atomic mass is 35.5. The molecule has 8 nitrogen and oxygen atoms in total. The Morgan fingerprint density at radius 1 is 1.16 bits per heavy atom. The quantitative estimate of drug-likeness (QED) is 0.471. The van der Waals surface area contributed by atoms with Gasteiger partial charge >= 0.3 is 5.97 Å². The van der Waals surface area contributed by atoms with Gasteiger partial charge in [-0.05, 0) is 51.5 Å². The number of halogens is 1. The van der Waals surface area contributed by atoms with Crippen LogP contribution in [-0.2, 0) is 9.53 Å². The summed E-state index contributed by atoms with van der Waals surface area (Å²) in [6.07, 6.45) is 4.56. The Kier molecular flexibility index (Phi) is 6.06. The number of carbonyl (C=O) groups excluding carboxylic acids is 1. The lowest BCUT2D eigenvalue weighted by molar-refractivity contribution is -0.148. The number of anilines is 2. The number of ether oxygens (including phenoxy) is 1. The highest BCUT2D eigenvalue weighted by Gasteiger charge is 2.23. The van der Waals surface area contributed by atoms with E-state index in [0.717, 1.165) is 48.1 Å². The third kappa shape index (κ3) is 4.85. The van der Waals surface area contributed by atoms with E-state index in [2.05, 4.69) is 36.9 Å². The molecule has 0 atom stereocenters. The standard InChI is InChI=1S/C23H27ClN6O2/c1-15-5-6-16(24)13-18(15)29-9-11-30(12-10-29)22-20-17(27-28-21(20)25-14-26-22)7-8-19(31)32-23(2,3)4/h5-8,13-14H,9-12H2,1-4H3,(H,25,26,27,28)/b8-7+. The van der Waals surface area contributed by atoms with E-state index < -0.39 is 11.6 Å². The molecule has 1 saturated heterocycles. The second kappa shape index (κ2) is 8.78. The molecule has 0 saturated carbocycles. The summed E-state index contributed by atoms with van der Waals surface area (Å²) in [4.78, 5) is 25.5. The minimum atomic E-state index is -0.551. The van der Waals surface area contributed by atoms with Crippen molar-refractivity contribution in [3.63, 3.8) is 0 Å². The van der Waals surface area contributed by atoms with E-state index in [1.165, 1.54) is 18.0 Å². The summed E-state index contributed by atoms with van der Waals surface area (Å²) in [6.45, 7) is 10.9. The first-order chi connectivity index (χ1) is 15.2. The van der Waals surface area contributed by atoms with E-state index in [4.69, 9.17) is 16.3 Å². The predicted molar refractivity (Wildman–Crippen MR) is 127 cm³/mol. The number of nitrogens with one attached hydrogen (secondary N) is 1. The molecule has 1 N–H and O–H groups in total. The SMILES string of the molecule is Cc1ccc(Cl)cc1N1CCN(c2ncnc3[nH]nc(/C=C/C(=O)OC(C)(C)C)c23)CC1. The first-order valence-electron chi connectivity index (χ1n) is 10.6. The van der Waals surface area contributed by atoms with Crippen LogP contribution in [0.4, 0.5) is 11.5 Å². The monoisotopic (exact) mass is 454 g/mol. The molecule has 2 aromatic heterocycles. The number of H-pyrrole nitrogens is 1.